The summed E-state index contributed by atoms with van der Waals surface area (Å²) in [5, 5.41) is 6.39. The van der Waals surface area contributed by atoms with Gasteiger partial charge >= 0.3 is 0 Å². The smallest absolute Gasteiger partial charge is 0.225 e. The lowest BCUT2D eigenvalue weighted by Crippen LogP contribution is -2.08. The Morgan fingerprint density at radius 2 is 1.64 bits per heavy atom. The SMILES string of the molecule is Cc1ccc(CNc2nc(C)cc(NCc3ccccc3F)n2)cc1. The van der Waals surface area contributed by atoms with Crippen LogP contribution in [0.1, 0.15) is 22.4 Å². The molecule has 4 nitrogen and oxygen atoms in total. The van der Waals surface area contributed by atoms with E-state index >= 15 is 0 Å². The maximum absolute atomic E-state index is 13.7. The van der Waals surface area contributed by atoms with E-state index in [2.05, 4.69) is 51.8 Å². The van der Waals surface area contributed by atoms with Crippen LogP contribution in [0.2, 0.25) is 0 Å². The van der Waals surface area contributed by atoms with Gasteiger partial charge in [-0.25, -0.2) is 9.37 Å². The highest BCUT2D eigenvalue weighted by atomic mass is 19.1. The van der Waals surface area contributed by atoms with Crippen LogP contribution in [0, 0.1) is 19.7 Å². The monoisotopic (exact) mass is 336 g/mol. The molecule has 0 fully saturated rings. The molecule has 2 N–H and O–H groups in total. The number of aromatic nitrogens is 2. The zero-order chi connectivity index (χ0) is 17.6. The fraction of sp³-hybridized carbons (Fsp3) is 0.200. The third-order valence-electron chi connectivity index (χ3n) is 3.84. The van der Waals surface area contributed by atoms with Crippen LogP contribution in [0.3, 0.4) is 0 Å². The molecule has 1 aromatic heterocycles. The first-order valence-electron chi connectivity index (χ1n) is 8.22. The van der Waals surface area contributed by atoms with E-state index in [1.807, 2.05) is 19.1 Å². The van der Waals surface area contributed by atoms with Crippen LogP contribution >= 0.6 is 0 Å². The van der Waals surface area contributed by atoms with Gasteiger partial charge in [0.25, 0.3) is 0 Å². The van der Waals surface area contributed by atoms with Crippen LogP contribution in [0.5, 0.6) is 0 Å². The minimum Gasteiger partial charge on any atom is -0.366 e. The zero-order valence-corrected chi connectivity index (χ0v) is 14.4. The molecule has 0 aliphatic heterocycles. The Morgan fingerprint density at radius 1 is 0.880 bits per heavy atom. The number of nitrogens with zero attached hydrogens (tertiary/aromatic N) is 2. The maximum Gasteiger partial charge on any atom is 0.225 e. The van der Waals surface area contributed by atoms with Gasteiger partial charge in [0.05, 0.1) is 0 Å². The van der Waals surface area contributed by atoms with Crippen molar-refractivity contribution in [2.75, 3.05) is 10.6 Å². The molecule has 0 unspecified atom stereocenters. The van der Waals surface area contributed by atoms with Crippen molar-refractivity contribution in [1.29, 1.82) is 0 Å². The Balaban J connectivity index is 1.65. The second-order valence-electron chi connectivity index (χ2n) is 6.00. The zero-order valence-electron chi connectivity index (χ0n) is 14.4. The first-order valence-corrected chi connectivity index (χ1v) is 8.22. The predicted molar refractivity (Wildman–Crippen MR) is 99.0 cm³/mol. The predicted octanol–water partition coefficient (Wildman–Crippen LogP) is 4.46. The van der Waals surface area contributed by atoms with Crippen molar-refractivity contribution in [2.45, 2.75) is 26.9 Å². The largest absolute Gasteiger partial charge is 0.366 e. The van der Waals surface area contributed by atoms with E-state index in [4.69, 9.17) is 0 Å². The van der Waals surface area contributed by atoms with Gasteiger partial charge < -0.3 is 10.6 Å². The van der Waals surface area contributed by atoms with Crippen LogP contribution in [0.25, 0.3) is 0 Å². The highest BCUT2D eigenvalue weighted by Gasteiger charge is 2.05. The van der Waals surface area contributed by atoms with Gasteiger partial charge in [0, 0.05) is 30.4 Å². The highest BCUT2D eigenvalue weighted by Crippen LogP contribution is 2.14. The molecule has 0 spiro atoms. The summed E-state index contributed by atoms with van der Waals surface area (Å²) in [6.07, 6.45) is 0. The number of rotatable bonds is 6. The van der Waals surface area contributed by atoms with Crippen molar-refractivity contribution in [3.8, 4) is 0 Å². The lowest BCUT2D eigenvalue weighted by molar-refractivity contribution is 0.613. The molecule has 0 aliphatic carbocycles. The second kappa shape index (κ2) is 7.75. The summed E-state index contributed by atoms with van der Waals surface area (Å²) in [5.74, 6) is 0.997. The van der Waals surface area contributed by atoms with Gasteiger partial charge in [-0.2, -0.15) is 4.98 Å². The van der Waals surface area contributed by atoms with Crippen LogP contribution in [-0.2, 0) is 13.1 Å². The van der Waals surface area contributed by atoms with Crippen molar-refractivity contribution >= 4 is 11.8 Å². The molecular formula is C20H21FN4. The standard InChI is InChI=1S/C20H21FN4/c1-14-7-9-16(10-8-14)12-23-20-24-15(2)11-19(25-20)22-13-17-5-3-4-6-18(17)21/h3-11H,12-13H2,1-2H3,(H2,22,23,24,25). The van der Waals surface area contributed by atoms with E-state index in [9.17, 15) is 4.39 Å². The maximum atomic E-state index is 13.7. The summed E-state index contributed by atoms with van der Waals surface area (Å²) in [6.45, 7) is 5.00. The Hall–Kier alpha value is -2.95. The summed E-state index contributed by atoms with van der Waals surface area (Å²) in [5.41, 5.74) is 3.84. The van der Waals surface area contributed by atoms with Gasteiger partial charge in [0.2, 0.25) is 5.95 Å². The van der Waals surface area contributed by atoms with Crippen LogP contribution in [0.15, 0.2) is 54.6 Å². The average Bonchev–Trinajstić information content (AvgIpc) is 2.60. The molecule has 0 saturated heterocycles. The third kappa shape index (κ3) is 4.76. The van der Waals surface area contributed by atoms with E-state index in [0.29, 0.717) is 30.4 Å². The minimum atomic E-state index is -0.224. The second-order valence-corrected chi connectivity index (χ2v) is 6.00. The number of anilines is 2. The van der Waals surface area contributed by atoms with Crippen molar-refractivity contribution in [3.63, 3.8) is 0 Å². The quantitative estimate of drug-likeness (QED) is 0.698. The summed E-state index contributed by atoms with van der Waals surface area (Å²) >= 11 is 0. The molecule has 0 amide bonds. The minimum absolute atomic E-state index is 0.224. The Labute approximate surface area is 147 Å². The van der Waals surface area contributed by atoms with E-state index < -0.39 is 0 Å². The fourth-order valence-electron chi connectivity index (χ4n) is 2.45. The van der Waals surface area contributed by atoms with E-state index in [1.165, 1.54) is 11.6 Å². The lowest BCUT2D eigenvalue weighted by atomic mass is 10.1. The van der Waals surface area contributed by atoms with E-state index in [0.717, 1.165) is 11.3 Å². The van der Waals surface area contributed by atoms with Gasteiger partial charge in [-0.1, -0.05) is 48.0 Å². The number of benzene rings is 2. The summed E-state index contributed by atoms with van der Waals surface area (Å²) < 4.78 is 13.7. The molecule has 0 radical (unpaired) electrons. The summed E-state index contributed by atoms with van der Waals surface area (Å²) in [6, 6.07) is 16.9. The molecule has 0 bridgehead atoms. The van der Waals surface area contributed by atoms with Crippen molar-refractivity contribution in [3.05, 3.63) is 82.8 Å². The molecule has 128 valence electrons. The number of halogens is 1. The Bertz CT molecular complexity index is 847. The molecule has 0 saturated carbocycles. The van der Waals surface area contributed by atoms with E-state index in [1.54, 1.807) is 12.1 Å². The first kappa shape index (κ1) is 16.9. The van der Waals surface area contributed by atoms with Crippen LogP contribution in [-0.4, -0.2) is 9.97 Å². The molecule has 0 aliphatic rings. The third-order valence-corrected chi connectivity index (χ3v) is 3.84. The summed E-state index contributed by atoms with van der Waals surface area (Å²) in [4.78, 5) is 8.86. The van der Waals surface area contributed by atoms with Crippen molar-refractivity contribution in [1.82, 2.24) is 9.97 Å². The topological polar surface area (TPSA) is 49.8 Å². The number of hydrogen-bond donors (Lipinski definition) is 2. The number of aryl methyl sites for hydroxylation is 2. The summed E-state index contributed by atoms with van der Waals surface area (Å²) in [7, 11) is 0. The van der Waals surface area contributed by atoms with Gasteiger partial charge in [-0.15, -0.1) is 0 Å². The van der Waals surface area contributed by atoms with Gasteiger partial charge in [-0.3, -0.25) is 0 Å². The normalized spacial score (nSPS) is 10.5. The molecule has 25 heavy (non-hydrogen) atoms. The molecule has 1 heterocycles. The first-order chi connectivity index (χ1) is 12.1. The fourth-order valence-corrected chi connectivity index (χ4v) is 2.45. The van der Waals surface area contributed by atoms with Gasteiger partial charge in [0.15, 0.2) is 0 Å². The number of hydrogen-bond acceptors (Lipinski definition) is 4. The number of nitrogens with one attached hydrogen (secondary N) is 2. The van der Waals surface area contributed by atoms with Gasteiger partial charge in [-0.05, 0) is 25.5 Å². The van der Waals surface area contributed by atoms with Crippen molar-refractivity contribution in [2.24, 2.45) is 0 Å². The molecule has 3 rings (SSSR count). The molecule has 5 heteroatoms. The lowest BCUT2D eigenvalue weighted by Gasteiger charge is -2.10. The van der Waals surface area contributed by atoms with Crippen LogP contribution in [0.4, 0.5) is 16.2 Å². The van der Waals surface area contributed by atoms with Gasteiger partial charge in [0.1, 0.15) is 11.6 Å². The Morgan fingerprint density at radius 3 is 2.40 bits per heavy atom. The van der Waals surface area contributed by atoms with Crippen molar-refractivity contribution < 1.29 is 4.39 Å². The molecular weight excluding hydrogens is 315 g/mol. The Kier molecular flexibility index (Phi) is 5.23. The molecule has 2 aromatic carbocycles. The highest BCUT2D eigenvalue weighted by molar-refractivity contribution is 5.43. The van der Waals surface area contributed by atoms with Crippen LogP contribution < -0.4 is 10.6 Å². The molecule has 3 aromatic rings. The van der Waals surface area contributed by atoms with E-state index in [-0.39, 0.29) is 5.82 Å². The average molecular weight is 336 g/mol. The molecule has 0 atom stereocenters.